The number of carbonyl (C=O) groups is 1. The van der Waals surface area contributed by atoms with Crippen LogP contribution in [-0.4, -0.2) is 33.2 Å². The van der Waals surface area contributed by atoms with E-state index in [1.54, 1.807) is 4.57 Å². The molecule has 1 unspecified atom stereocenters. The smallest absolute Gasteiger partial charge is 0.287 e. The van der Waals surface area contributed by atoms with E-state index in [0.29, 0.717) is 18.0 Å². The average molecular weight is 295 g/mol. The Bertz CT molecular complexity index is 534. The number of rotatable bonds is 7. The molecule has 1 aromatic heterocycles. The quantitative estimate of drug-likeness (QED) is 0.592. The first kappa shape index (κ1) is 15.5. The summed E-state index contributed by atoms with van der Waals surface area (Å²) in [7, 11) is 0. The molecule has 7 nitrogen and oxygen atoms in total. The molecule has 0 aromatic carbocycles. The second kappa shape index (κ2) is 6.26. The van der Waals surface area contributed by atoms with Gasteiger partial charge in [-0.25, -0.2) is 0 Å². The van der Waals surface area contributed by atoms with Crippen LogP contribution in [0.2, 0.25) is 0 Å². The van der Waals surface area contributed by atoms with Gasteiger partial charge in [0.05, 0.1) is 23.8 Å². The molecule has 1 atom stereocenters. The molecule has 2 N–H and O–H groups in total. The number of aliphatic hydroxyl groups is 1. The van der Waals surface area contributed by atoms with Crippen molar-refractivity contribution in [3.8, 4) is 0 Å². The van der Waals surface area contributed by atoms with Crippen LogP contribution >= 0.6 is 0 Å². The minimum Gasteiger partial charge on any atom is -0.394 e. The minimum atomic E-state index is -0.493. The lowest BCUT2D eigenvalue weighted by atomic mass is 10.0. The number of nitro groups is 1. The van der Waals surface area contributed by atoms with Crippen LogP contribution in [0.15, 0.2) is 12.3 Å². The Morgan fingerprint density at radius 2 is 2.24 bits per heavy atom. The van der Waals surface area contributed by atoms with Crippen molar-refractivity contribution in [3.63, 3.8) is 0 Å². The van der Waals surface area contributed by atoms with Crippen LogP contribution in [0, 0.1) is 16.0 Å². The molecule has 0 radical (unpaired) electrons. The van der Waals surface area contributed by atoms with Gasteiger partial charge in [-0.05, 0) is 25.2 Å². The van der Waals surface area contributed by atoms with Gasteiger partial charge < -0.3 is 15.0 Å². The van der Waals surface area contributed by atoms with Gasteiger partial charge in [0.15, 0.2) is 0 Å². The van der Waals surface area contributed by atoms with E-state index in [2.05, 4.69) is 5.32 Å². The highest BCUT2D eigenvalue weighted by Crippen LogP contribution is 2.37. The maximum absolute atomic E-state index is 12.3. The number of aliphatic hydroxyl groups excluding tert-OH is 1. The minimum absolute atomic E-state index is 0.0727. The van der Waals surface area contributed by atoms with Gasteiger partial charge in [0.25, 0.3) is 11.6 Å². The summed E-state index contributed by atoms with van der Waals surface area (Å²) in [6.45, 7) is 3.87. The maximum Gasteiger partial charge on any atom is 0.287 e. The third-order valence-corrected chi connectivity index (χ3v) is 3.53. The van der Waals surface area contributed by atoms with E-state index in [-0.39, 0.29) is 30.3 Å². The molecule has 116 valence electrons. The molecular weight excluding hydrogens is 274 g/mol. The van der Waals surface area contributed by atoms with E-state index < -0.39 is 4.92 Å². The number of hydrogen-bond acceptors (Lipinski definition) is 4. The van der Waals surface area contributed by atoms with Gasteiger partial charge in [-0.15, -0.1) is 0 Å². The molecule has 1 fully saturated rings. The summed E-state index contributed by atoms with van der Waals surface area (Å²) in [6.07, 6.45) is 3.94. The largest absolute Gasteiger partial charge is 0.394 e. The highest BCUT2D eigenvalue weighted by atomic mass is 16.6. The van der Waals surface area contributed by atoms with Gasteiger partial charge >= 0.3 is 0 Å². The van der Waals surface area contributed by atoms with Crippen molar-refractivity contribution in [1.82, 2.24) is 9.88 Å². The third kappa shape index (κ3) is 3.81. The number of aromatic nitrogens is 1. The van der Waals surface area contributed by atoms with Crippen LogP contribution < -0.4 is 5.32 Å². The van der Waals surface area contributed by atoms with E-state index in [4.69, 9.17) is 0 Å². The van der Waals surface area contributed by atoms with E-state index in [1.165, 1.54) is 12.3 Å². The Labute approximate surface area is 123 Å². The first-order valence-electron chi connectivity index (χ1n) is 7.20. The first-order valence-corrected chi connectivity index (χ1v) is 7.20. The van der Waals surface area contributed by atoms with Crippen molar-refractivity contribution in [3.05, 3.63) is 28.1 Å². The second-order valence-corrected chi connectivity index (χ2v) is 5.96. The molecule has 0 saturated heterocycles. The first-order chi connectivity index (χ1) is 9.92. The van der Waals surface area contributed by atoms with Crippen molar-refractivity contribution in [2.75, 3.05) is 6.61 Å². The fraction of sp³-hybridized carbons (Fsp3) is 0.643. The van der Waals surface area contributed by atoms with E-state index in [9.17, 15) is 20.0 Å². The molecule has 21 heavy (non-hydrogen) atoms. The molecule has 1 heterocycles. The lowest BCUT2D eigenvalue weighted by molar-refractivity contribution is -0.384. The van der Waals surface area contributed by atoms with Gasteiger partial charge in [0, 0.05) is 12.1 Å². The number of nitrogens with one attached hydrogen (secondary N) is 1. The predicted octanol–water partition coefficient (Wildman–Crippen LogP) is 1.87. The Kier molecular flexibility index (Phi) is 4.62. The van der Waals surface area contributed by atoms with Gasteiger partial charge in [-0.3, -0.25) is 14.9 Å². The van der Waals surface area contributed by atoms with Crippen LogP contribution in [0.25, 0.3) is 0 Å². The second-order valence-electron chi connectivity index (χ2n) is 5.96. The number of nitrogens with zero attached hydrogens (tertiary/aromatic N) is 2. The van der Waals surface area contributed by atoms with Gasteiger partial charge in [-0.2, -0.15) is 0 Å². The lowest BCUT2D eigenvalue weighted by Gasteiger charge is -2.18. The molecule has 7 heteroatoms. The van der Waals surface area contributed by atoms with E-state index >= 15 is 0 Å². The SMILES string of the molecule is CC(C)CC(CO)NC(=O)c1cc([N+](=O)[O-])cn1C1CC1. The molecule has 0 bridgehead atoms. The molecule has 1 aliphatic carbocycles. The summed E-state index contributed by atoms with van der Waals surface area (Å²) >= 11 is 0. The van der Waals surface area contributed by atoms with Crippen LogP contribution in [0.4, 0.5) is 5.69 Å². The van der Waals surface area contributed by atoms with E-state index in [1.807, 2.05) is 13.8 Å². The Morgan fingerprint density at radius 3 is 2.71 bits per heavy atom. The van der Waals surface area contributed by atoms with Crippen LogP contribution in [0.5, 0.6) is 0 Å². The zero-order valence-electron chi connectivity index (χ0n) is 12.3. The van der Waals surface area contributed by atoms with Crippen molar-refractivity contribution in [2.45, 2.75) is 45.2 Å². The number of amides is 1. The Morgan fingerprint density at radius 1 is 1.57 bits per heavy atom. The van der Waals surface area contributed by atoms with Gasteiger partial charge in [0.2, 0.25) is 0 Å². The van der Waals surface area contributed by atoms with Crippen molar-refractivity contribution in [1.29, 1.82) is 0 Å². The van der Waals surface area contributed by atoms with Crippen LogP contribution in [0.1, 0.15) is 49.6 Å². The molecule has 0 aliphatic heterocycles. The van der Waals surface area contributed by atoms with Crippen LogP contribution in [-0.2, 0) is 0 Å². The molecule has 0 spiro atoms. The highest BCUT2D eigenvalue weighted by molar-refractivity contribution is 5.93. The van der Waals surface area contributed by atoms with E-state index in [0.717, 1.165) is 12.8 Å². The van der Waals surface area contributed by atoms with Crippen molar-refractivity contribution < 1.29 is 14.8 Å². The van der Waals surface area contributed by atoms with Crippen molar-refractivity contribution in [2.24, 2.45) is 5.92 Å². The number of hydrogen-bond donors (Lipinski definition) is 2. The average Bonchev–Trinajstić information content (AvgIpc) is 3.15. The summed E-state index contributed by atoms with van der Waals surface area (Å²) in [4.78, 5) is 22.7. The fourth-order valence-electron chi connectivity index (χ4n) is 2.41. The zero-order valence-corrected chi connectivity index (χ0v) is 12.3. The topological polar surface area (TPSA) is 97.4 Å². The number of carbonyl (C=O) groups excluding carboxylic acids is 1. The predicted molar refractivity (Wildman–Crippen MR) is 77.2 cm³/mol. The van der Waals surface area contributed by atoms with Gasteiger partial charge in [-0.1, -0.05) is 13.8 Å². The molecule has 1 amide bonds. The summed E-state index contributed by atoms with van der Waals surface area (Å²) in [5, 5.41) is 23.0. The third-order valence-electron chi connectivity index (χ3n) is 3.53. The Balaban J connectivity index is 2.15. The standard InChI is InChI=1S/C14H21N3O4/c1-9(2)5-10(8-18)15-14(19)13-6-12(17(20)21)7-16(13)11-3-4-11/h6-7,9-11,18H,3-5,8H2,1-2H3,(H,15,19). The lowest BCUT2D eigenvalue weighted by Crippen LogP contribution is -2.39. The van der Waals surface area contributed by atoms with Gasteiger partial charge in [0.1, 0.15) is 5.69 Å². The molecule has 1 aromatic rings. The summed E-state index contributed by atoms with van der Waals surface area (Å²) in [5.74, 6) is -0.0262. The zero-order chi connectivity index (χ0) is 15.6. The Hall–Kier alpha value is -1.89. The normalized spacial score (nSPS) is 16.0. The summed E-state index contributed by atoms with van der Waals surface area (Å²) < 4.78 is 1.68. The fourth-order valence-corrected chi connectivity index (χ4v) is 2.41. The summed E-state index contributed by atoms with van der Waals surface area (Å²) in [5.41, 5.74) is 0.225. The molecule has 2 rings (SSSR count). The molecule has 1 saturated carbocycles. The van der Waals surface area contributed by atoms with Crippen LogP contribution in [0.3, 0.4) is 0 Å². The summed E-state index contributed by atoms with van der Waals surface area (Å²) in [6, 6.07) is 1.15. The maximum atomic E-state index is 12.3. The highest BCUT2D eigenvalue weighted by Gasteiger charge is 2.31. The molecular formula is C14H21N3O4. The monoisotopic (exact) mass is 295 g/mol. The van der Waals surface area contributed by atoms with Crippen molar-refractivity contribution >= 4 is 11.6 Å². The molecule has 1 aliphatic rings.